The Hall–Kier alpha value is -0.531. The predicted molar refractivity (Wildman–Crippen MR) is 116 cm³/mol. The Bertz CT molecular complexity index is 531. The van der Waals surface area contributed by atoms with Gasteiger partial charge in [0.05, 0.1) is 11.4 Å². The second kappa shape index (κ2) is 13.7. The first-order valence-corrected chi connectivity index (χ1v) is 10.8. The Balaban J connectivity index is 0.00000140. The molecule has 6 N–H and O–H groups in total. The van der Waals surface area contributed by atoms with E-state index in [1.165, 1.54) is 62.8 Å². The predicted octanol–water partition coefficient (Wildman–Crippen LogP) is 1.70. The minimum atomic E-state index is 0. The number of pyridine rings is 1. The van der Waals surface area contributed by atoms with Crippen molar-refractivity contribution in [3.8, 4) is 0 Å². The number of aromatic nitrogens is 1. The van der Waals surface area contributed by atoms with Crippen molar-refractivity contribution in [2.45, 2.75) is 88.6 Å². The number of nitrogens with zero attached hydrogens (tertiary/aromatic N) is 1. The molecular weight excluding hydrogens is 405 g/mol. The summed E-state index contributed by atoms with van der Waals surface area (Å²) in [6.07, 6.45) is 10.5. The molecule has 2 heterocycles. The molecule has 4 rings (SSSR count). The van der Waals surface area contributed by atoms with Crippen LogP contribution >= 0.6 is 0 Å². The van der Waals surface area contributed by atoms with Crippen LogP contribution in [0.5, 0.6) is 0 Å². The van der Waals surface area contributed by atoms with E-state index in [4.69, 9.17) is 4.98 Å². The molecule has 1 aromatic heterocycles. The van der Waals surface area contributed by atoms with Crippen LogP contribution < -0.4 is 21.3 Å². The van der Waals surface area contributed by atoms with E-state index in [2.05, 4.69) is 39.5 Å². The van der Waals surface area contributed by atoms with Gasteiger partial charge in [0.2, 0.25) is 0 Å². The van der Waals surface area contributed by atoms with Gasteiger partial charge in [-0.15, -0.1) is 0 Å². The van der Waals surface area contributed by atoms with Gasteiger partial charge in [-0.3, -0.25) is 4.98 Å². The minimum absolute atomic E-state index is 0. The summed E-state index contributed by atoms with van der Waals surface area (Å²) in [5.74, 6) is 0. The quantitative estimate of drug-likeness (QED) is 0.360. The van der Waals surface area contributed by atoms with Crippen LogP contribution in [0.2, 0.25) is 0 Å². The summed E-state index contributed by atoms with van der Waals surface area (Å²) < 4.78 is 0. The second-order valence-electron chi connectivity index (χ2n) is 8.29. The van der Waals surface area contributed by atoms with Crippen molar-refractivity contribution in [3.63, 3.8) is 0 Å². The molecule has 2 fully saturated rings. The van der Waals surface area contributed by atoms with Crippen LogP contribution in [0, 0.1) is 7.43 Å². The van der Waals surface area contributed by atoms with Gasteiger partial charge in [-0.1, -0.05) is 31.7 Å². The van der Waals surface area contributed by atoms with E-state index in [1.54, 1.807) is 0 Å². The fourth-order valence-corrected chi connectivity index (χ4v) is 4.95. The normalized spacial score (nSPS) is 30.5. The van der Waals surface area contributed by atoms with Crippen molar-refractivity contribution in [1.82, 2.24) is 26.3 Å². The van der Waals surface area contributed by atoms with E-state index in [0.717, 1.165) is 26.2 Å². The van der Waals surface area contributed by atoms with E-state index >= 15 is 0 Å². The average Bonchev–Trinajstić information content (AvgIpc) is 2.69. The molecule has 1 aromatic rings. The van der Waals surface area contributed by atoms with Gasteiger partial charge in [0.1, 0.15) is 0 Å². The molecule has 0 saturated heterocycles. The third-order valence-corrected chi connectivity index (χ3v) is 6.43. The van der Waals surface area contributed by atoms with Gasteiger partial charge in [0.15, 0.2) is 0 Å². The number of nitrogens with one attached hydrogen (secondary N) is 4. The molecule has 29 heavy (non-hydrogen) atoms. The zero-order chi connectivity index (χ0) is 17.6. The molecule has 167 valence electrons. The first-order valence-electron chi connectivity index (χ1n) is 10.8. The molecule has 0 spiro atoms. The number of rotatable bonds is 0. The van der Waals surface area contributed by atoms with Crippen LogP contribution in [0.25, 0.3) is 0 Å². The van der Waals surface area contributed by atoms with Crippen LogP contribution in [0.4, 0.5) is 0 Å². The van der Waals surface area contributed by atoms with Crippen molar-refractivity contribution in [1.29, 1.82) is 0 Å². The fraction of sp³-hybridized carbons (Fsp3) is 0.727. The van der Waals surface area contributed by atoms with Crippen molar-refractivity contribution < 1.29 is 22.5 Å². The second-order valence-corrected chi connectivity index (χ2v) is 8.29. The molecule has 7 heteroatoms. The molecule has 1 aliphatic heterocycles. The monoisotopic (exact) mass is 445 g/mol. The van der Waals surface area contributed by atoms with E-state index in [9.17, 15) is 0 Å². The van der Waals surface area contributed by atoms with Gasteiger partial charge >= 0.3 is 0 Å². The van der Waals surface area contributed by atoms with Gasteiger partial charge in [0, 0.05) is 67.4 Å². The van der Waals surface area contributed by atoms with Crippen LogP contribution in [0.1, 0.15) is 62.8 Å². The Labute approximate surface area is 187 Å². The third kappa shape index (κ3) is 7.58. The zero-order valence-corrected chi connectivity index (χ0v) is 19.0. The van der Waals surface area contributed by atoms with Gasteiger partial charge in [-0.2, -0.15) is 0 Å². The summed E-state index contributed by atoms with van der Waals surface area (Å²) in [6.45, 7) is 3.89. The molecule has 2 saturated carbocycles. The zero-order valence-electron chi connectivity index (χ0n) is 17.9. The number of hydrogen-bond acceptors (Lipinski definition) is 5. The van der Waals surface area contributed by atoms with E-state index in [0.29, 0.717) is 24.2 Å². The van der Waals surface area contributed by atoms with E-state index in [-0.39, 0.29) is 30.0 Å². The maximum atomic E-state index is 4.89. The molecule has 2 aliphatic carbocycles. The smallest absolute Gasteiger partial charge is 0.0545 e. The molecule has 4 atom stereocenters. The SMILES string of the molecule is O.[CH3-].[Mn].c1cc2nc(c1)CN[C@@H]1CCCC[C@H]1NCCNC1CCCC[C@H]1NC2. The van der Waals surface area contributed by atoms with Crippen molar-refractivity contribution in [3.05, 3.63) is 37.0 Å². The van der Waals surface area contributed by atoms with Crippen LogP contribution in [-0.4, -0.2) is 47.7 Å². The Kier molecular flexibility index (Phi) is 12.5. The van der Waals surface area contributed by atoms with Crippen molar-refractivity contribution in [2.24, 2.45) is 0 Å². The summed E-state index contributed by atoms with van der Waals surface area (Å²) in [4.78, 5) is 4.89. The number of fused-ring (bicyclic) bond motifs is 4. The summed E-state index contributed by atoms with van der Waals surface area (Å²) in [5.41, 5.74) is 2.34. The van der Waals surface area contributed by atoms with Crippen LogP contribution in [0.15, 0.2) is 18.2 Å². The maximum absolute atomic E-state index is 4.89. The largest absolute Gasteiger partial charge is 0.412 e. The summed E-state index contributed by atoms with van der Waals surface area (Å²) in [7, 11) is 0. The maximum Gasteiger partial charge on any atom is 0.0545 e. The Morgan fingerprint density at radius 1 is 0.655 bits per heavy atom. The standard InChI is InChI=1S/C21H35N5.CH3.Mn.H2O/c1-3-10-20-18(8-1)22-12-13-23-19-9-2-4-11-21(19)25-15-17-7-5-6-16(26-17)14-24-20;;;/h5-7,18-25H,1-4,8-15H2;1H3;;1H2/q;-1;;/t18-,19?,20-,21-;;;/m1.../s1. The molecule has 1 radical (unpaired) electrons. The molecule has 0 amide bonds. The fourth-order valence-electron chi connectivity index (χ4n) is 4.95. The van der Waals surface area contributed by atoms with Crippen molar-refractivity contribution >= 4 is 0 Å². The average molecular weight is 446 g/mol. The molecule has 2 bridgehead atoms. The van der Waals surface area contributed by atoms with Crippen molar-refractivity contribution in [2.75, 3.05) is 13.1 Å². The van der Waals surface area contributed by atoms with E-state index in [1.807, 2.05) is 0 Å². The molecular formula is C22H40MnN5O-. The van der Waals surface area contributed by atoms with Gasteiger partial charge in [-0.05, 0) is 37.8 Å². The number of hydrogen-bond donors (Lipinski definition) is 4. The van der Waals surface area contributed by atoms with Gasteiger partial charge in [0.25, 0.3) is 0 Å². The Morgan fingerprint density at radius 2 is 1.03 bits per heavy atom. The summed E-state index contributed by atoms with van der Waals surface area (Å²) >= 11 is 0. The summed E-state index contributed by atoms with van der Waals surface area (Å²) in [6, 6.07) is 8.81. The summed E-state index contributed by atoms with van der Waals surface area (Å²) in [5, 5.41) is 15.2. The van der Waals surface area contributed by atoms with Crippen LogP contribution in [-0.2, 0) is 30.2 Å². The topological polar surface area (TPSA) is 92.5 Å². The molecule has 0 aromatic carbocycles. The first kappa shape index (κ1) is 26.5. The molecule has 1 unspecified atom stereocenters. The van der Waals surface area contributed by atoms with E-state index < -0.39 is 0 Å². The van der Waals surface area contributed by atoms with Gasteiger partial charge in [-0.25, -0.2) is 0 Å². The van der Waals surface area contributed by atoms with Gasteiger partial charge < -0.3 is 34.2 Å². The molecule has 3 aliphatic rings. The third-order valence-electron chi connectivity index (χ3n) is 6.43. The Morgan fingerprint density at radius 3 is 1.45 bits per heavy atom. The molecule has 6 nitrogen and oxygen atoms in total. The van der Waals surface area contributed by atoms with Crippen LogP contribution in [0.3, 0.4) is 0 Å². The first-order chi connectivity index (χ1) is 12.9. The minimum Gasteiger partial charge on any atom is -0.412 e.